The van der Waals surface area contributed by atoms with Crippen LogP contribution in [0.25, 0.3) is 0 Å². The molecule has 2 fully saturated rings. The van der Waals surface area contributed by atoms with Crippen LogP contribution in [0.3, 0.4) is 0 Å². The molecule has 1 N–H and O–H groups in total. The molecule has 0 heterocycles. The zero-order valence-electron chi connectivity index (χ0n) is 10.3. The fourth-order valence-electron chi connectivity index (χ4n) is 2.36. The number of ether oxygens (including phenoxy) is 1. The number of hydrogen-bond acceptors (Lipinski definition) is 2. The molecule has 2 aliphatic carbocycles. The summed E-state index contributed by atoms with van der Waals surface area (Å²) in [6, 6.07) is 0.816. The predicted octanol–water partition coefficient (Wildman–Crippen LogP) is 2.75. The van der Waals surface area contributed by atoms with Crippen LogP contribution in [-0.2, 0) is 4.74 Å². The van der Waals surface area contributed by atoms with Crippen LogP contribution in [0.1, 0.15) is 38.5 Å². The Bertz CT molecular complexity index is 197. The van der Waals surface area contributed by atoms with Gasteiger partial charge < -0.3 is 10.1 Å². The second kappa shape index (κ2) is 6.41. The van der Waals surface area contributed by atoms with Crippen LogP contribution in [0.2, 0.25) is 0 Å². The molecular formula is C14H25NO. The molecule has 0 unspecified atom stereocenters. The normalized spacial score (nSPS) is 20.3. The lowest BCUT2D eigenvalue weighted by molar-refractivity contribution is 0.130. The smallest absolute Gasteiger partial charge is 0.0591 e. The number of rotatable bonds is 10. The molecule has 0 aromatic carbocycles. The Labute approximate surface area is 99.4 Å². The summed E-state index contributed by atoms with van der Waals surface area (Å²) in [5, 5.41) is 3.69. The highest BCUT2D eigenvalue weighted by molar-refractivity contribution is 4.96. The molecule has 2 heteroatoms. The van der Waals surface area contributed by atoms with Crippen molar-refractivity contribution in [3.63, 3.8) is 0 Å². The lowest BCUT2D eigenvalue weighted by Gasteiger charge is -2.17. The maximum absolute atomic E-state index is 5.58. The average molecular weight is 223 g/mol. The number of unbranched alkanes of at least 4 members (excludes halogenated alkanes) is 1. The highest BCUT2D eigenvalue weighted by Crippen LogP contribution is 2.44. The summed E-state index contributed by atoms with van der Waals surface area (Å²) in [4.78, 5) is 0. The van der Waals surface area contributed by atoms with E-state index in [-0.39, 0.29) is 0 Å². The molecule has 92 valence electrons. The lowest BCUT2D eigenvalue weighted by Crippen LogP contribution is -2.35. The zero-order chi connectivity index (χ0) is 11.2. The van der Waals surface area contributed by atoms with Crippen molar-refractivity contribution in [1.29, 1.82) is 0 Å². The van der Waals surface area contributed by atoms with Gasteiger partial charge in [0.25, 0.3) is 0 Å². The third kappa shape index (κ3) is 4.26. The maximum Gasteiger partial charge on any atom is 0.0591 e. The van der Waals surface area contributed by atoms with Crippen molar-refractivity contribution in [1.82, 2.24) is 5.32 Å². The third-order valence-corrected chi connectivity index (χ3v) is 3.58. The Balaban J connectivity index is 1.45. The molecule has 0 aromatic heterocycles. The van der Waals surface area contributed by atoms with Crippen molar-refractivity contribution in [3.05, 3.63) is 12.7 Å². The van der Waals surface area contributed by atoms with Crippen LogP contribution in [0.4, 0.5) is 0 Å². The summed E-state index contributed by atoms with van der Waals surface area (Å²) in [7, 11) is 0. The van der Waals surface area contributed by atoms with Crippen LogP contribution in [0.15, 0.2) is 12.7 Å². The molecule has 0 amide bonds. The Kier molecular flexibility index (Phi) is 4.86. The van der Waals surface area contributed by atoms with E-state index in [0.717, 1.165) is 50.5 Å². The molecule has 2 nitrogen and oxygen atoms in total. The quantitative estimate of drug-likeness (QED) is 0.454. The van der Waals surface area contributed by atoms with Crippen molar-refractivity contribution < 1.29 is 4.74 Å². The van der Waals surface area contributed by atoms with Crippen molar-refractivity contribution >= 4 is 0 Å². The molecule has 2 aliphatic rings. The van der Waals surface area contributed by atoms with Crippen LogP contribution < -0.4 is 5.32 Å². The third-order valence-electron chi connectivity index (χ3n) is 3.58. The van der Waals surface area contributed by atoms with Gasteiger partial charge >= 0.3 is 0 Å². The Morgan fingerprint density at radius 1 is 1.19 bits per heavy atom. The van der Waals surface area contributed by atoms with Gasteiger partial charge in [-0.3, -0.25) is 0 Å². The molecule has 2 saturated carbocycles. The summed E-state index contributed by atoms with van der Waals surface area (Å²) in [6.07, 6.45) is 9.95. The van der Waals surface area contributed by atoms with E-state index in [9.17, 15) is 0 Å². The fraction of sp³-hybridized carbons (Fsp3) is 0.857. The first-order valence-electron chi connectivity index (χ1n) is 6.84. The summed E-state index contributed by atoms with van der Waals surface area (Å²) >= 11 is 0. The van der Waals surface area contributed by atoms with Gasteiger partial charge in [-0.25, -0.2) is 0 Å². The largest absolute Gasteiger partial charge is 0.380 e. The van der Waals surface area contributed by atoms with Crippen LogP contribution in [0.5, 0.6) is 0 Å². The van der Waals surface area contributed by atoms with E-state index in [0.29, 0.717) is 0 Å². The van der Waals surface area contributed by atoms with Crippen molar-refractivity contribution in [2.24, 2.45) is 11.8 Å². The minimum atomic E-state index is 0.816. The average Bonchev–Trinajstić information content (AvgIpc) is 3.16. The monoisotopic (exact) mass is 223 g/mol. The van der Waals surface area contributed by atoms with Crippen LogP contribution in [-0.4, -0.2) is 25.8 Å². The molecular weight excluding hydrogens is 198 g/mol. The summed E-state index contributed by atoms with van der Waals surface area (Å²) in [5.41, 5.74) is 0. The van der Waals surface area contributed by atoms with Crippen molar-refractivity contribution in [3.8, 4) is 0 Å². The van der Waals surface area contributed by atoms with Gasteiger partial charge in [0.2, 0.25) is 0 Å². The zero-order valence-corrected chi connectivity index (χ0v) is 10.3. The summed E-state index contributed by atoms with van der Waals surface area (Å²) in [5.74, 6) is 1.99. The standard InChI is InChI=1S/C14H25NO/c1-2-3-4-10-16-11-9-15-14(12-5-6-12)13-7-8-13/h2,12-15H,1,3-11H2. The first-order valence-corrected chi connectivity index (χ1v) is 6.84. The van der Waals surface area contributed by atoms with E-state index < -0.39 is 0 Å². The second-order valence-corrected chi connectivity index (χ2v) is 5.20. The molecule has 0 atom stereocenters. The number of allylic oxidation sites excluding steroid dienone is 1. The highest BCUT2D eigenvalue weighted by Gasteiger charge is 2.40. The van der Waals surface area contributed by atoms with E-state index in [1.807, 2.05) is 6.08 Å². The Morgan fingerprint density at radius 3 is 2.44 bits per heavy atom. The van der Waals surface area contributed by atoms with Gasteiger partial charge in [-0.15, -0.1) is 6.58 Å². The molecule has 0 aromatic rings. The van der Waals surface area contributed by atoms with Gasteiger partial charge in [-0.2, -0.15) is 0 Å². The van der Waals surface area contributed by atoms with Gasteiger partial charge in [0, 0.05) is 19.2 Å². The SMILES string of the molecule is C=CCCCOCCNC(C1CC1)C1CC1. The predicted molar refractivity (Wildman–Crippen MR) is 67.5 cm³/mol. The minimum Gasteiger partial charge on any atom is -0.380 e. The first kappa shape index (κ1) is 12.1. The summed E-state index contributed by atoms with van der Waals surface area (Å²) in [6.45, 7) is 6.48. The fourth-order valence-corrected chi connectivity index (χ4v) is 2.36. The van der Waals surface area contributed by atoms with E-state index >= 15 is 0 Å². The number of hydrogen-bond donors (Lipinski definition) is 1. The topological polar surface area (TPSA) is 21.3 Å². The molecule has 0 spiro atoms. The van der Waals surface area contributed by atoms with E-state index in [4.69, 9.17) is 4.74 Å². The molecule has 0 bridgehead atoms. The minimum absolute atomic E-state index is 0.816. The van der Waals surface area contributed by atoms with Gasteiger partial charge in [-0.1, -0.05) is 6.08 Å². The Hall–Kier alpha value is -0.340. The first-order chi connectivity index (χ1) is 7.92. The maximum atomic E-state index is 5.58. The van der Waals surface area contributed by atoms with Gasteiger partial charge in [0.1, 0.15) is 0 Å². The van der Waals surface area contributed by atoms with Crippen molar-refractivity contribution in [2.45, 2.75) is 44.6 Å². The van der Waals surface area contributed by atoms with Crippen LogP contribution in [0, 0.1) is 11.8 Å². The van der Waals surface area contributed by atoms with E-state index in [2.05, 4.69) is 11.9 Å². The molecule has 16 heavy (non-hydrogen) atoms. The van der Waals surface area contributed by atoms with E-state index in [1.165, 1.54) is 25.7 Å². The molecule has 0 saturated heterocycles. The van der Waals surface area contributed by atoms with Gasteiger partial charge in [0.05, 0.1) is 6.61 Å². The summed E-state index contributed by atoms with van der Waals surface area (Å²) < 4.78 is 5.58. The second-order valence-electron chi connectivity index (χ2n) is 5.20. The molecule has 0 aliphatic heterocycles. The van der Waals surface area contributed by atoms with Gasteiger partial charge in [0.15, 0.2) is 0 Å². The van der Waals surface area contributed by atoms with E-state index in [1.54, 1.807) is 0 Å². The van der Waals surface area contributed by atoms with Gasteiger partial charge in [-0.05, 0) is 50.4 Å². The highest BCUT2D eigenvalue weighted by atomic mass is 16.5. The lowest BCUT2D eigenvalue weighted by atomic mass is 10.1. The number of nitrogens with one attached hydrogen (secondary N) is 1. The van der Waals surface area contributed by atoms with Crippen LogP contribution >= 0.6 is 0 Å². The molecule has 2 rings (SSSR count). The Morgan fingerprint density at radius 2 is 1.88 bits per heavy atom. The van der Waals surface area contributed by atoms with Crippen molar-refractivity contribution in [2.75, 3.05) is 19.8 Å². The molecule has 0 radical (unpaired) electrons.